The lowest BCUT2D eigenvalue weighted by atomic mass is 10.1. The third-order valence-electron chi connectivity index (χ3n) is 5.24. The predicted octanol–water partition coefficient (Wildman–Crippen LogP) is 3.90. The Labute approximate surface area is 171 Å². The summed E-state index contributed by atoms with van der Waals surface area (Å²) in [5.41, 5.74) is 2.95. The number of para-hydroxylation sites is 1. The number of carbonyl (C=O) groups excluding carboxylic acids is 1. The van der Waals surface area contributed by atoms with Crippen molar-refractivity contribution in [1.29, 1.82) is 0 Å². The van der Waals surface area contributed by atoms with Crippen LogP contribution in [0.3, 0.4) is 0 Å². The summed E-state index contributed by atoms with van der Waals surface area (Å²) in [6.45, 7) is 2.42. The number of hydrogen-bond acceptors (Lipinski definition) is 4. The van der Waals surface area contributed by atoms with Crippen molar-refractivity contribution < 1.29 is 19.0 Å². The van der Waals surface area contributed by atoms with Gasteiger partial charge < -0.3 is 24.8 Å². The topological polar surface area (TPSA) is 68.8 Å². The number of ether oxygens (including phenoxy) is 3. The van der Waals surface area contributed by atoms with Crippen molar-refractivity contribution in [2.75, 3.05) is 25.1 Å². The minimum Gasteiger partial charge on any atom is -0.488 e. The zero-order valence-corrected chi connectivity index (χ0v) is 16.6. The Balaban J connectivity index is 1.19. The molecule has 154 valence electrons. The molecule has 2 aliphatic rings. The average Bonchev–Trinajstić information content (AvgIpc) is 3.16. The average molecular weight is 396 g/mol. The Morgan fingerprint density at radius 1 is 1.10 bits per heavy atom. The number of hydrogen-bond donors (Lipinski definition) is 2. The van der Waals surface area contributed by atoms with Gasteiger partial charge in [0.1, 0.15) is 11.9 Å². The Bertz CT molecular complexity index is 795. The van der Waals surface area contributed by atoms with Crippen LogP contribution < -0.4 is 15.4 Å². The maximum absolute atomic E-state index is 12.2. The molecule has 0 aromatic heterocycles. The van der Waals surface area contributed by atoms with E-state index in [-0.39, 0.29) is 18.2 Å². The van der Waals surface area contributed by atoms with Crippen molar-refractivity contribution in [2.45, 2.75) is 44.5 Å². The van der Waals surface area contributed by atoms with Gasteiger partial charge in [-0.2, -0.15) is 0 Å². The van der Waals surface area contributed by atoms with E-state index in [4.69, 9.17) is 14.2 Å². The van der Waals surface area contributed by atoms with Gasteiger partial charge in [-0.05, 0) is 48.6 Å². The molecule has 4 rings (SSSR count). The molecule has 0 saturated carbocycles. The first-order chi connectivity index (χ1) is 14.3. The van der Waals surface area contributed by atoms with E-state index in [1.165, 1.54) is 12.0 Å². The Kier molecular flexibility index (Phi) is 6.64. The van der Waals surface area contributed by atoms with Gasteiger partial charge in [0.15, 0.2) is 0 Å². The standard InChI is InChI=1S/C23H28N2O4/c26-23(24-14-21-13-18-7-1-2-10-22(18)29-21)25-19-8-5-6-17(12-19)15-27-16-20-9-3-4-11-28-20/h1-2,5-8,10,12,20-21H,3-4,9,11,13-16H2,(H2,24,25,26)/t20-,21-/m0/s1. The van der Waals surface area contributed by atoms with Crippen LogP contribution in [0, 0.1) is 0 Å². The highest BCUT2D eigenvalue weighted by Crippen LogP contribution is 2.27. The zero-order valence-electron chi connectivity index (χ0n) is 16.6. The number of rotatable bonds is 7. The highest BCUT2D eigenvalue weighted by atomic mass is 16.5. The molecule has 0 radical (unpaired) electrons. The molecule has 1 saturated heterocycles. The molecule has 2 N–H and O–H groups in total. The van der Waals surface area contributed by atoms with Crippen molar-refractivity contribution in [2.24, 2.45) is 0 Å². The lowest BCUT2D eigenvalue weighted by Crippen LogP contribution is -2.37. The largest absolute Gasteiger partial charge is 0.488 e. The van der Waals surface area contributed by atoms with Crippen LogP contribution in [0.4, 0.5) is 10.5 Å². The lowest BCUT2D eigenvalue weighted by molar-refractivity contribution is -0.0447. The molecular weight excluding hydrogens is 368 g/mol. The highest BCUT2D eigenvalue weighted by Gasteiger charge is 2.22. The summed E-state index contributed by atoms with van der Waals surface area (Å²) in [6.07, 6.45) is 4.41. The fourth-order valence-corrected chi connectivity index (χ4v) is 3.74. The molecule has 6 nitrogen and oxygen atoms in total. The van der Waals surface area contributed by atoms with Crippen LogP contribution in [0.25, 0.3) is 0 Å². The molecule has 2 atom stereocenters. The number of anilines is 1. The van der Waals surface area contributed by atoms with Crippen molar-refractivity contribution >= 4 is 11.7 Å². The second-order valence-corrected chi connectivity index (χ2v) is 7.59. The molecule has 29 heavy (non-hydrogen) atoms. The molecule has 0 unspecified atom stereocenters. The molecule has 2 heterocycles. The Morgan fingerprint density at radius 2 is 2.03 bits per heavy atom. The number of carbonyl (C=O) groups is 1. The molecule has 0 spiro atoms. The van der Waals surface area contributed by atoms with Gasteiger partial charge in [0.2, 0.25) is 0 Å². The van der Waals surface area contributed by atoms with Gasteiger partial charge in [0, 0.05) is 18.7 Å². The molecule has 6 heteroatoms. The van der Waals surface area contributed by atoms with E-state index in [2.05, 4.69) is 16.7 Å². The second-order valence-electron chi connectivity index (χ2n) is 7.59. The van der Waals surface area contributed by atoms with E-state index in [0.29, 0.717) is 19.8 Å². The van der Waals surface area contributed by atoms with E-state index >= 15 is 0 Å². The van der Waals surface area contributed by atoms with Gasteiger partial charge in [0.05, 0.1) is 25.9 Å². The number of amides is 2. The molecule has 0 aliphatic carbocycles. The SMILES string of the molecule is O=C(NC[C@@H]1Cc2ccccc2O1)Nc1cccc(COC[C@@H]2CCCCO2)c1. The Hall–Kier alpha value is -2.57. The quantitative estimate of drug-likeness (QED) is 0.745. The summed E-state index contributed by atoms with van der Waals surface area (Å²) in [4.78, 5) is 12.2. The summed E-state index contributed by atoms with van der Waals surface area (Å²) < 4.78 is 17.3. The normalized spacial score (nSPS) is 20.6. The molecule has 2 amide bonds. The minimum atomic E-state index is -0.238. The Morgan fingerprint density at radius 3 is 2.90 bits per heavy atom. The number of urea groups is 1. The minimum absolute atomic E-state index is 0.0279. The van der Waals surface area contributed by atoms with Crippen LogP contribution in [0.15, 0.2) is 48.5 Å². The third-order valence-corrected chi connectivity index (χ3v) is 5.24. The molecule has 2 aliphatic heterocycles. The summed E-state index contributed by atoms with van der Waals surface area (Å²) in [5.74, 6) is 0.908. The number of nitrogens with one attached hydrogen (secondary N) is 2. The summed E-state index contributed by atoms with van der Waals surface area (Å²) in [6, 6.07) is 15.5. The molecule has 1 fully saturated rings. The third kappa shape index (κ3) is 5.71. The highest BCUT2D eigenvalue weighted by molar-refractivity contribution is 5.89. The van der Waals surface area contributed by atoms with E-state index < -0.39 is 0 Å². The summed E-state index contributed by atoms with van der Waals surface area (Å²) >= 11 is 0. The van der Waals surface area contributed by atoms with E-state index in [1.54, 1.807) is 0 Å². The first kappa shape index (κ1) is 19.7. The van der Waals surface area contributed by atoms with Crippen LogP contribution in [0.2, 0.25) is 0 Å². The van der Waals surface area contributed by atoms with Crippen LogP contribution in [0.1, 0.15) is 30.4 Å². The van der Waals surface area contributed by atoms with Crippen LogP contribution >= 0.6 is 0 Å². The summed E-state index contributed by atoms with van der Waals surface area (Å²) in [7, 11) is 0. The van der Waals surface area contributed by atoms with Gasteiger partial charge in [-0.3, -0.25) is 0 Å². The van der Waals surface area contributed by atoms with Gasteiger partial charge in [-0.15, -0.1) is 0 Å². The van der Waals surface area contributed by atoms with Gasteiger partial charge in [0.25, 0.3) is 0 Å². The monoisotopic (exact) mass is 396 g/mol. The fourth-order valence-electron chi connectivity index (χ4n) is 3.74. The maximum Gasteiger partial charge on any atom is 0.319 e. The number of benzene rings is 2. The summed E-state index contributed by atoms with van der Waals surface area (Å²) in [5, 5.41) is 5.77. The first-order valence-corrected chi connectivity index (χ1v) is 10.3. The maximum atomic E-state index is 12.2. The number of fused-ring (bicyclic) bond motifs is 1. The van der Waals surface area contributed by atoms with E-state index in [9.17, 15) is 4.79 Å². The molecule has 2 aromatic rings. The van der Waals surface area contributed by atoms with E-state index in [1.807, 2.05) is 42.5 Å². The van der Waals surface area contributed by atoms with Crippen molar-refractivity contribution in [3.8, 4) is 5.75 Å². The molecule has 2 aromatic carbocycles. The van der Waals surface area contributed by atoms with Crippen molar-refractivity contribution in [3.63, 3.8) is 0 Å². The van der Waals surface area contributed by atoms with Gasteiger partial charge in [-0.1, -0.05) is 30.3 Å². The van der Waals surface area contributed by atoms with Gasteiger partial charge in [-0.25, -0.2) is 4.79 Å². The first-order valence-electron chi connectivity index (χ1n) is 10.3. The lowest BCUT2D eigenvalue weighted by Gasteiger charge is -2.22. The van der Waals surface area contributed by atoms with Crippen LogP contribution in [-0.4, -0.2) is 38.0 Å². The second kappa shape index (κ2) is 9.76. The molecular formula is C23H28N2O4. The molecule has 0 bridgehead atoms. The van der Waals surface area contributed by atoms with Gasteiger partial charge >= 0.3 is 6.03 Å². The smallest absolute Gasteiger partial charge is 0.319 e. The predicted molar refractivity (Wildman–Crippen MR) is 111 cm³/mol. The van der Waals surface area contributed by atoms with Crippen molar-refractivity contribution in [3.05, 3.63) is 59.7 Å². The zero-order chi connectivity index (χ0) is 19.9. The van der Waals surface area contributed by atoms with Crippen LogP contribution in [-0.2, 0) is 22.5 Å². The van der Waals surface area contributed by atoms with Crippen LogP contribution in [0.5, 0.6) is 5.75 Å². The van der Waals surface area contributed by atoms with Crippen molar-refractivity contribution in [1.82, 2.24) is 5.32 Å². The fraction of sp³-hybridized carbons (Fsp3) is 0.435. The van der Waals surface area contributed by atoms with E-state index in [0.717, 1.165) is 42.9 Å².